The summed E-state index contributed by atoms with van der Waals surface area (Å²) in [5.74, 6) is 1.46. The zero-order valence-electron chi connectivity index (χ0n) is 11.6. The van der Waals surface area contributed by atoms with Crippen LogP contribution in [0.1, 0.15) is 18.5 Å². The number of para-hydroxylation sites is 1. The molecular formula is C17H15BrN2O. The van der Waals surface area contributed by atoms with Gasteiger partial charge in [-0.1, -0.05) is 34.1 Å². The molecule has 0 bridgehead atoms. The first-order chi connectivity index (χ1) is 10.1. The molecule has 21 heavy (non-hydrogen) atoms. The molecule has 0 radical (unpaired) electrons. The number of ether oxygens (including phenoxy) is 1. The molecule has 0 aliphatic carbocycles. The van der Waals surface area contributed by atoms with Gasteiger partial charge in [-0.05, 0) is 37.3 Å². The fourth-order valence-electron chi connectivity index (χ4n) is 2.20. The average molecular weight is 343 g/mol. The van der Waals surface area contributed by atoms with Crippen LogP contribution in [-0.4, -0.2) is 4.98 Å². The highest BCUT2D eigenvalue weighted by atomic mass is 79.9. The van der Waals surface area contributed by atoms with Gasteiger partial charge in [-0.3, -0.25) is 4.98 Å². The quantitative estimate of drug-likeness (QED) is 0.742. The van der Waals surface area contributed by atoms with E-state index in [0.717, 1.165) is 26.7 Å². The number of halogens is 1. The summed E-state index contributed by atoms with van der Waals surface area (Å²) in [6, 6.07) is 15.7. The highest BCUT2D eigenvalue weighted by molar-refractivity contribution is 9.10. The minimum atomic E-state index is -0.106. The summed E-state index contributed by atoms with van der Waals surface area (Å²) >= 11 is 3.46. The van der Waals surface area contributed by atoms with Gasteiger partial charge in [0.05, 0.1) is 11.7 Å². The van der Waals surface area contributed by atoms with E-state index in [1.807, 2.05) is 55.5 Å². The Kier molecular flexibility index (Phi) is 3.90. The van der Waals surface area contributed by atoms with E-state index in [9.17, 15) is 0 Å². The third-order valence-corrected chi connectivity index (χ3v) is 3.75. The first-order valence-corrected chi connectivity index (χ1v) is 7.50. The lowest BCUT2D eigenvalue weighted by atomic mass is 10.1. The third kappa shape index (κ3) is 3.06. The number of benzene rings is 2. The van der Waals surface area contributed by atoms with Crippen LogP contribution in [0.5, 0.6) is 11.5 Å². The minimum absolute atomic E-state index is 0.106. The summed E-state index contributed by atoms with van der Waals surface area (Å²) in [6.45, 7) is 1.94. The lowest BCUT2D eigenvalue weighted by molar-refractivity contribution is 0.470. The average Bonchev–Trinajstić information content (AvgIpc) is 2.49. The number of hydrogen-bond donors (Lipinski definition) is 1. The molecule has 4 heteroatoms. The second-order valence-corrected chi connectivity index (χ2v) is 5.85. The first-order valence-electron chi connectivity index (χ1n) is 6.71. The van der Waals surface area contributed by atoms with Crippen molar-refractivity contribution in [2.24, 2.45) is 5.73 Å². The summed E-state index contributed by atoms with van der Waals surface area (Å²) in [4.78, 5) is 4.40. The van der Waals surface area contributed by atoms with Gasteiger partial charge in [0, 0.05) is 21.5 Å². The van der Waals surface area contributed by atoms with Crippen LogP contribution in [0.2, 0.25) is 0 Å². The summed E-state index contributed by atoms with van der Waals surface area (Å²) in [7, 11) is 0. The second kappa shape index (κ2) is 5.84. The van der Waals surface area contributed by atoms with Crippen molar-refractivity contribution in [1.82, 2.24) is 4.98 Å². The van der Waals surface area contributed by atoms with Gasteiger partial charge in [0.25, 0.3) is 0 Å². The molecule has 0 fully saturated rings. The van der Waals surface area contributed by atoms with Crippen molar-refractivity contribution < 1.29 is 4.74 Å². The van der Waals surface area contributed by atoms with Gasteiger partial charge in [0.1, 0.15) is 11.5 Å². The van der Waals surface area contributed by atoms with Crippen LogP contribution < -0.4 is 10.5 Å². The van der Waals surface area contributed by atoms with Crippen molar-refractivity contribution in [3.05, 3.63) is 64.8 Å². The largest absolute Gasteiger partial charge is 0.455 e. The zero-order valence-corrected chi connectivity index (χ0v) is 13.2. The van der Waals surface area contributed by atoms with Gasteiger partial charge in [0.2, 0.25) is 0 Å². The number of aromatic nitrogens is 1. The molecule has 0 saturated carbocycles. The minimum Gasteiger partial charge on any atom is -0.455 e. The predicted molar refractivity (Wildman–Crippen MR) is 88.6 cm³/mol. The Labute approximate surface area is 131 Å². The number of rotatable bonds is 3. The number of pyridine rings is 1. The van der Waals surface area contributed by atoms with Gasteiger partial charge < -0.3 is 10.5 Å². The standard InChI is InChI=1S/C17H15BrN2O/c1-11(19)15-9-13(18)6-7-17(15)21-14-8-12-4-2-3-5-16(12)20-10-14/h2-11H,19H2,1H3. The fourth-order valence-corrected chi connectivity index (χ4v) is 2.58. The molecule has 1 atom stereocenters. The van der Waals surface area contributed by atoms with E-state index in [-0.39, 0.29) is 6.04 Å². The summed E-state index contributed by atoms with van der Waals surface area (Å²) in [6.07, 6.45) is 1.73. The molecular weight excluding hydrogens is 328 g/mol. The van der Waals surface area contributed by atoms with Gasteiger partial charge in [-0.25, -0.2) is 0 Å². The molecule has 2 aromatic carbocycles. The molecule has 0 aliphatic heterocycles. The van der Waals surface area contributed by atoms with Crippen molar-refractivity contribution in [2.45, 2.75) is 13.0 Å². The lowest BCUT2D eigenvalue weighted by Gasteiger charge is -2.14. The highest BCUT2D eigenvalue weighted by Crippen LogP contribution is 2.31. The van der Waals surface area contributed by atoms with E-state index >= 15 is 0 Å². The maximum Gasteiger partial charge on any atom is 0.146 e. The maximum absolute atomic E-state index is 6.01. The summed E-state index contributed by atoms with van der Waals surface area (Å²) in [5.41, 5.74) is 7.92. The Morgan fingerprint density at radius 1 is 1.14 bits per heavy atom. The maximum atomic E-state index is 6.01. The Balaban J connectivity index is 1.98. The van der Waals surface area contributed by atoms with Crippen LogP contribution in [0, 0.1) is 0 Å². The van der Waals surface area contributed by atoms with Crippen molar-refractivity contribution in [2.75, 3.05) is 0 Å². The zero-order chi connectivity index (χ0) is 14.8. The molecule has 0 aliphatic rings. The van der Waals surface area contributed by atoms with Crippen molar-refractivity contribution in [3.63, 3.8) is 0 Å². The predicted octanol–water partition coefficient (Wildman–Crippen LogP) is 4.81. The normalized spacial score (nSPS) is 12.3. The molecule has 3 aromatic rings. The Morgan fingerprint density at radius 3 is 2.76 bits per heavy atom. The number of fused-ring (bicyclic) bond motifs is 1. The van der Waals surface area contributed by atoms with Crippen LogP contribution in [0.25, 0.3) is 10.9 Å². The second-order valence-electron chi connectivity index (χ2n) is 4.94. The molecule has 2 N–H and O–H groups in total. The Hall–Kier alpha value is -1.91. The van der Waals surface area contributed by atoms with E-state index < -0.39 is 0 Å². The van der Waals surface area contributed by atoms with Gasteiger partial charge in [0.15, 0.2) is 0 Å². The molecule has 0 saturated heterocycles. The molecule has 0 spiro atoms. The van der Waals surface area contributed by atoms with E-state index in [4.69, 9.17) is 10.5 Å². The van der Waals surface area contributed by atoms with Gasteiger partial charge in [-0.15, -0.1) is 0 Å². The van der Waals surface area contributed by atoms with Crippen LogP contribution in [0.4, 0.5) is 0 Å². The van der Waals surface area contributed by atoms with Crippen molar-refractivity contribution >= 4 is 26.8 Å². The monoisotopic (exact) mass is 342 g/mol. The first kappa shape index (κ1) is 14.0. The smallest absolute Gasteiger partial charge is 0.146 e. The van der Waals surface area contributed by atoms with Crippen LogP contribution >= 0.6 is 15.9 Å². The van der Waals surface area contributed by atoms with E-state index in [0.29, 0.717) is 5.75 Å². The highest BCUT2D eigenvalue weighted by Gasteiger charge is 2.10. The van der Waals surface area contributed by atoms with E-state index in [2.05, 4.69) is 20.9 Å². The van der Waals surface area contributed by atoms with Crippen LogP contribution in [0.15, 0.2) is 59.2 Å². The molecule has 1 unspecified atom stereocenters. The lowest BCUT2D eigenvalue weighted by Crippen LogP contribution is -2.06. The molecule has 106 valence electrons. The third-order valence-electron chi connectivity index (χ3n) is 3.26. The van der Waals surface area contributed by atoms with Gasteiger partial charge >= 0.3 is 0 Å². The molecule has 0 amide bonds. The summed E-state index contributed by atoms with van der Waals surface area (Å²) in [5, 5.41) is 1.05. The molecule has 3 rings (SSSR count). The van der Waals surface area contributed by atoms with Crippen LogP contribution in [-0.2, 0) is 0 Å². The summed E-state index contributed by atoms with van der Waals surface area (Å²) < 4.78 is 6.96. The van der Waals surface area contributed by atoms with Crippen molar-refractivity contribution in [3.8, 4) is 11.5 Å². The number of nitrogens with two attached hydrogens (primary N) is 1. The topological polar surface area (TPSA) is 48.1 Å². The van der Waals surface area contributed by atoms with E-state index in [1.54, 1.807) is 6.20 Å². The number of hydrogen-bond acceptors (Lipinski definition) is 3. The fraction of sp³-hybridized carbons (Fsp3) is 0.118. The number of nitrogens with zero attached hydrogens (tertiary/aromatic N) is 1. The van der Waals surface area contributed by atoms with Crippen LogP contribution in [0.3, 0.4) is 0 Å². The Bertz CT molecular complexity index is 787. The molecule has 1 aromatic heterocycles. The Morgan fingerprint density at radius 2 is 1.95 bits per heavy atom. The molecule has 3 nitrogen and oxygen atoms in total. The van der Waals surface area contributed by atoms with E-state index in [1.165, 1.54) is 0 Å². The van der Waals surface area contributed by atoms with Crippen molar-refractivity contribution in [1.29, 1.82) is 0 Å². The SMILES string of the molecule is CC(N)c1cc(Br)ccc1Oc1cnc2ccccc2c1. The molecule has 1 heterocycles. The van der Waals surface area contributed by atoms with Gasteiger partial charge in [-0.2, -0.15) is 0 Å².